The molecule has 1 amide bonds. The van der Waals surface area contributed by atoms with Gasteiger partial charge in [-0.3, -0.25) is 4.79 Å². The summed E-state index contributed by atoms with van der Waals surface area (Å²) in [5.74, 6) is 0.109. The molecule has 0 spiro atoms. The molecule has 1 aliphatic carbocycles. The first-order valence-electron chi connectivity index (χ1n) is 6.88. The zero-order valence-electron chi connectivity index (χ0n) is 11.8. The summed E-state index contributed by atoms with van der Waals surface area (Å²) >= 11 is 0. The number of halogens is 1. The molecule has 0 unspecified atom stereocenters. The van der Waals surface area contributed by atoms with Crippen molar-refractivity contribution in [3.8, 4) is 0 Å². The van der Waals surface area contributed by atoms with Crippen molar-refractivity contribution in [1.29, 1.82) is 0 Å². The highest BCUT2D eigenvalue weighted by atomic mass is 19.1. The number of aryl methyl sites for hydroxylation is 1. The molecule has 0 atom stereocenters. The molecule has 1 fully saturated rings. The number of amides is 1. The topological polar surface area (TPSA) is 64.2 Å². The summed E-state index contributed by atoms with van der Waals surface area (Å²) in [5, 5.41) is 0. The Labute approximate surface area is 122 Å². The van der Waals surface area contributed by atoms with Crippen LogP contribution in [0.2, 0.25) is 0 Å². The number of benzene rings is 1. The summed E-state index contributed by atoms with van der Waals surface area (Å²) in [6.07, 6.45) is 5.48. The monoisotopic (exact) mass is 288 g/mol. The maximum Gasteiger partial charge on any atom is 0.254 e. The number of rotatable bonds is 4. The predicted octanol–water partition coefficient (Wildman–Crippen LogP) is 1.95. The standard InChI is InChI=1S/C15H17FN4O/c1-19-5-4-18-14(19)9-20(13-2-3-13)15(21)10-6-11(16)8-12(17)7-10/h4-8,13H,2-3,9,17H2,1H3. The smallest absolute Gasteiger partial charge is 0.254 e. The zero-order chi connectivity index (χ0) is 15.0. The summed E-state index contributed by atoms with van der Waals surface area (Å²) in [4.78, 5) is 18.6. The van der Waals surface area contributed by atoms with Gasteiger partial charge >= 0.3 is 0 Å². The lowest BCUT2D eigenvalue weighted by Crippen LogP contribution is -2.33. The van der Waals surface area contributed by atoms with E-state index in [1.54, 1.807) is 11.1 Å². The lowest BCUT2D eigenvalue weighted by atomic mass is 10.1. The van der Waals surface area contributed by atoms with Gasteiger partial charge in [-0.05, 0) is 31.0 Å². The van der Waals surface area contributed by atoms with Gasteiger partial charge in [0.2, 0.25) is 0 Å². The molecule has 0 bridgehead atoms. The van der Waals surface area contributed by atoms with E-state index >= 15 is 0 Å². The molecule has 1 aromatic carbocycles. The molecule has 1 aliphatic rings. The van der Waals surface area contributed by atoms with Crippen LogP contribution >= 0.6 is 0 Å². The molecule has 2 N–H and O–H groups in total. The second-order valence-electron chi connectivity index (χ2n) is 5.39. The van der Waals surface area contributed by atoms with E-state index in [1.165, 1.54) is 18.2 Å². The summed E-state index contributed by atoms with van der Waals surface area (Å²) in [5.41, 5.74) is 6.16. The fourth-order valence-corrected chi connectivity index (χ4v) is 2.36. The van der Waals surface area contributed by atoms with Crippen LogP contribution < -0.4 is 5.73 Å². The lowest BCUT2D eigenvalue weighted by molar-refractivity contribution is 0.0723. The SMILES string of the molecule is Cn1ccnc1CN(C(=O)c1cc(N)cc(F)c1)C1CC1. The average Bonchev–Trinajstić information content (AvgIpc) is 3.18. The van der Waals surface area contributed by atoms with Crippen LogP contribution in [0.4, 0.5) is 10.1 Å². The zero-order valence-corrected chi connectivity index (χ0v) is 11.8. The highest BCUT2D eigenvalue weighted by Gasteiger charge is 2.34. The quantitative estimate of drug-likeness (QED) is 0.875. The largest absolute Gasteiger partial charge is 0.399 e. The van der Waals surface area contributed by atoms with E-state index in [4.69, 9.17) is 5.73 Å². The molecule has 3 rings (SSSR count). The van der Waals surface area contributed by atoms with Crippen molar-refractivity contribution in [3.63, 3.8) is 0 Å². The maximum absolute atomic E-state index is 13.4. The first-order valence-corrected chi connectivity index (χ1v) is 6.88. The number of nitrogen functional groups attached to an aromatic ring is 1. The van der Waals surface area contributed by atoms with E-state index in [0.717, 1.165) is 18.7 Å². The predicted molar refractivity (Wildman–Crippen MR) is 76.9 cm³/mol. The number of aromatic nitrogens is 2. The minimum atomic E-state index is -0.494. The number of carbonyl (C=O) groups excluding carboxylic acids is 1. The minimum absolute atomic E-state index is 0.202. The van der Waals surface area contributed by atoms with Crippen molar-refractivity contribution in [2.24, 2.45) is 7.05 Å². The summed E-state index contributed by atoms with van der Waals surface area (Å²) in [6, 6.07) is 4.15. The Balaban J connectivity index is 1.86. The Bertz CT molecular complexity index is 658. The van der Waals surface area contributed by atoms with Crippen LogP contribution in [0.25, 0.3) is 0 Å². The molecule has 2 aromatic rings. The number of carbonyl (C=O) groups is 1. The molecule has 5 nitrogen and oxygen atoms in total. The summed E-state index contributed by atoms with van der Waals surface area (Å²) in [7, 11) is 1.89. The van der Waals surface area contributed by atoms with Gasteiger partial charge in [0, 0.05) is 36.7 Å². The molecule has 21 heavy (non-hydrogen) atoms. The fraction of sp³-hybridized carbons (Fsp3) is 0.333. The number of hydrogen-bond donors (Lipinski definition) is 1. The van der Waals surface area contributed by atoms with Crippen LogP contribution in [0.3, 0.4) is 0 Å². The van der Waals surface area contributed by atoms with Crippen molar-refractivity contribution in [2.45, 2.75) is 25.4 Å². The van der Waals surface area contributed by atoms with Gasteiger partial charge < -0.3 is 15.2 Å². The molecule has 1 aromatic heterocycles. The molecule has 0 saturated heterocycles. The number of nitrogens with zero attached hydrogens (tertiary/aromatic N) is 3. The molecule has 1 heterocycles. The highest BCUT2D eigenvalue weighted by Crippen LogP contribution is 2.30. The highest BCUT2D eigenvalue weighted by molar-refractivity contribution is 5.95. The third kappa shape index (κ3) is 2.89. The van der Waals surface area contributed by atoms with Crippen LogP contribution in [0.5, 0.6) is 0 Å². The van der Waals surface area contributed by atoms with Crippen molar-refractivity contribution in [3.05, 3.63) is 47.8 Å². The second kappa shape index (κ2) is 5.20. The average molecular weight is 288 g/mol. The second-order valence-corrected chi connectivity index (χ2v) is 5.39. The maximum atomic E-state index is 13.4. The third-order valence-electron chi connectivity index (χ3n) is 3.65. The number of imidazole rings is 1. The molecule has 6 heteroatoms. The Morgan fingerprint density at radius 3 is 2.81 bits per heavy atom. The van der Waals surface area contributed by atoms with Gasteiger partial charge in [-0.2, -0.15) is 0 Å². The van der Waals surface area contributed by atoms with Gasteiger partial charge in [0.15, 0.2) is 0 Å². The van der Waals surface area contributed by atoms with E-state index in [-0.39, 0.29) is 23.2 Å². The lowest BCUT2D eigenvalue weighted by Gasteiger charge is -2.22. The molecule has 0 radical (unpaired) electrons. The third-order valence-corrected chi connectivity index (χ3v) is 3.65. The van der Waals surface area contributed by atoms with E-state index in [2.05, 4.69) is 4.98 Å². The molecule has 0 aliphatic heterocycles. The molecular weight excluding hydrogens is 271 g/mol. The van der Waals surface area contributed by atoms with Crippen LogP contribution in [0.15, 0.2) is 30.6 Å². The van der Waals surface area contributed by atoms with Gasteiger partial charge in [-0.15, -0.1) is 0 Å². The number of hydrogen-bond acceptors (Lipinski definition) is 3. The fourth-order valence-electron chi connectivity index (χ4n) is 2.36. The normalized spacial score (nSPS) is 14.2. The van der Waals surface area contributed by atoms with E-state index in [0.29, 0.717) is 6.54 Å². The van der Waals surface area contributed by atoms with Crippen molar-refractivity contribution >= 4 is 11.6 Å². The number of nitrogens with two attached hydrogens (primary N) is 1. The van der Waals surface area contributed by atoms with Crippen molar-refractivity contribution in [1.82, 2.24) is 14.5 Å². The first-order chi connectivity index (χ1) is 10.0. The van der Waals surface area contributed by atoms with E-state index in [1.807, 2.05) is 17.8 Å². The van der Waals surface area contributed by atoms with Gasteiger partial charge in [-0.1, -0.05) is 0 Å². The van der Waals surface area contributed by atoms with Crippen LogP contribution in [0, 0.1) is 5.82 Å². The van der Waals surface area contributed by atoms with Crippen LogP contribution in [-0.4, -0.2) is 26.4 Å². The Morgan fingerprint density at radius 1 is 1.48 bits per heavy atom. The van der Waals surface area contributed by atoms with Crippen LogP contribution in [0.1, 0.15) is 29.0 Å². The Morgan fingerprint density at radius 2 is 2.24 bits per heavy atom. The number of anilines is 1. The van der Waals surface area contributed by atoms with E-state index in [9.17, 15) is 9.18 Å². The Hall–Kier alpha value is -2.37. The summed E-state index contributed by atoms with van der Waals surface area (Å²) < 4.78 is 15.3. The molecule has 110 valence electrons. The van der Waals surface area contributed by atoms with Gasteiger partial charge in [0.1, 0.15) is 11.6 Å². The summed E-state index contributed by atoms with van der Waals surface area (Å²) in [6.45, 7) is 0.420. The Kier molecular flexibility index (Phi) is 3.37. The molecular formula is C15H17FN4O. The van der Waals surface area contributed by atoms with Gasteiger partial charge in [-0.25, -0.2) is 9.37 Å². The molecule has 1 saturated carbocycles. The van der Waals surface area contributed by atoms with Crippen molar-refractivity contribution in [2.75, 3.05) is 5.73 Å². The van der Waals surface area contributed by atoms with Gasteiger partial charge in [0.05, 0.1) is 6.54 Å². The van der Waals surface area contributed by atoms with E-state index < -0.39 is 5.82 Å². The van der Waals surface area contributed by atoms with Crippen LogP contribution in [-0.2, 0) is 13.6 Å². The minimum Gasteiger partial charge on any atom is -0.399 e. The van der Waals surface area contributed by atoms with Crippen molar-refractivity contribution < 1.29 is 9.18 Å². The van der Waals surface area contributed by atoms with Gasteiger partial charge in [0.25, 0.3) is 5.91 Å². The first kappa shape index (κ1) is 13.6.